The summed E-state index contributed by atoms with van der Waals surface area (Å²) in [5.74, 6) is 1.38. The monoisotopic (exact) mass is 664 g/mol. The molecule has 4 bridgehead atoms. The Balaban J connectivity index is 0.000000158. The normalized spacial score (nSPS) is 27.0. The summed E-state index contributed by atoms with van der Waals surface area (Å²) >= 11 is 6.47. The van der Waals surface area contributed by atoms with Crippen molar-refractivity contribution in [3.63, 3.8) is 0 Å². The molecule has 5 nitrogen and oxygen atoms in total. The number of methoxy groups -OCH3 is 2. The first-order valence-electron chi connectivity index (χ1n) is 12.9. The summed E-state index contributed by atoms with van der Waals surface area (Å²) in [5, 5.41) is 0. The van der Waals surface area contributed by atoms with Crippen molar-refractivity contribution < 1.29 is 32.6 Å². The highest BCUT2D eigenvalue weighted by molar-refractivity contribution is 9.10. The van der Waals surface area contributed by atoms with Gasteiger partial charge in [0, 0.05) is 20.8 Å². The Kier molecular flexibility index (Phi) is 8.29. The summed E-state index contributed by atoms with van der Waals surface area (Å²) in [4.78, 5) is 23.9. The summed E-state index contributed by atoms with van der Waals surface area (Å²) in [7, 11) is 2.99. The standard InChI is InChI=1S/C15H14BrFO3.C15H14BrFO2/c1-19-14-6-10(16)5-12(17)11(14)7-13-8-2-3-9(4-8)15(18)20-13;1-19-14-6-10(16)5-13(17)12(14)7-11-8-2-3-9(4-8)15(11)18/h5-9H,2-4H2,1H3;5-9H,2-4H2,1H3. The zero-order chi connectivity index (χ0) is 27.8. The second kappa shape index (κ2) is 11.5. The molecule has 1 aliphatic heterocycles. The highest BCUT2D eigenvalue weighted by atomic mass is 79.9. The summed E-state index contributed by atoms with van der Waals surface area (Å²) in [5.41, 5.74) is 1.47. The Bertz CT molecular complexity index is 1390. The van der Waals surface area contributed by atoms with Crippen LogP contribution in [-0.4, -0.2) is 26.0 Å². The number of benzene rings is 2. The van der Waals surface area contributed by atoms with Gasteiger partial charge in [-0.3, -0.25) is 9.59 Å². The molecular weight excluding hydrogens is 638 g/mol. The van der Waals surface area contributed by atoms with E-state index >= 15 is 0 Å². The molecule has 0 aromatic heterocycles. The van der Waals surface area contributed by atoms with Gasteiger partial charge in [-0.2, -0.15) is 0 Å². The predicted molar refractivity (Wildman–Crippen MR) is 150 cm³/mol. The van der Waals surface area contributed by atoms with Gasteiger partial charge in [0.2, 0.25) is 0 Å². The summed E-state index contributed by atoms with van der Waals surface area (Å²) in [6.45, 7) is 0. The Morgan fingerprint density at radius 1 is 0.769 bits per heavy atom. The van der Waals surface area contributed by atoms with Gasteiger partial charge in [0.1, 0.15) is 28.9 Å². The first-order chi connectivity index (χ1) is 18.7. The molecular formula is C30H28Br2F2O5. The Labute approximate surface area is 242 Å². The molecule has 4 unspecified atom stereocenters. The van der Waals surface area contributed by atoms with Crippen molar-refractivity contribution in [1.82, 2.24) is 0 Å². The van der Waals surface area contributed by atoms with Crippen LogP contribution in [0.15, 0.2) is 44.5 Å². The molecule has 4 aliphatic rings. The topological polar surface area (TPSA) is 61.8 Å². The minimum atomic E-state index is -0.403. The largest absolute Gasteiger partial charge is 0.496 e. The van der Waals surface area contributed by atoms with Gasteiger partial charge in [-0.05, 0) is 86.4 Å². The first-order valence-corrected chi connectivity index (χ1v) is 14.5. The molecule has 6 rings (SSSR count). The van der Waals surface area contributed by atoms with Crippen LogP contribution in [0, 0.1) is 35.3 Å². The van der Waals surface area contributed by atoms with Crippen LogP contribution in [0.25, 0.3) is 12.2 Å². The van der Waals surface area contributed by atoms with Gasteiger partial charge in [0.25, 0.3) is 0 Å². The van der Waals surface area contributed by atoms with Crippen LogP contribution < -0.4 is 9.47 Å². The first kappa shape index (κ1) is 28.0. The third-order valence-electron chi connectivity index (χ3n) is 8.05. The second-order valence-electron chi connectivity index (χ2n) is 10.4. The molecule has 1 heterocycles. The fourth-order valence-corrected chi connectivity index (χ4v) is 6.87. The van der Waals surface area contributed by atoms with Crippen LogP contribution >= 0.6 is 31.9 Å². The van der Waals surface area contributed by atoms with E-state index < -0.39 is 5.82 Å². The lowest BCUT2D eigenvalue weighted by Crippen LogP contribution is -2.22. The van der Waals surface area contributed by atoms with E-state index in [-0.39, 0.29) is 35.3 Å². The molecule has 206 valence electrons. The number of carbonyl (C=O) groups excluding carboxylic acids is 2. The maximum atomic E-state index is 14.1. The van der Waals surface area contributed by atoms with Gasteiger partial charge >= 0.3 is 5.97 Å². The number of Topliss-reactive ketones (excluding diaryl/α,β-unsaturated/α-hetero) is 1. The average Bonchev–Trinajstić information content (AvgIpc) is 3.62. The zero-order valence-electron chi connectivity index (χ0n) is 21.6. The fraction of sp³-hybridized carbons (Fsp3) is 0.400. The maximum absolute atomic E-state index is 14.1. The molecule has 9 heteroatoms. The average molecular weight is 666 g/mol. The summed E-state index contributed by atoms with van der Waals surface area (Å²) in [6.07, 6.45) is 8.85. The van der Waals surface area contributed by atoms with Crippen molar-refractivity contribution >= 4 is 55.8 Å². The lowest BCUT2D eigenvalue weighted by Gasteiger charge is -2.21. The summed E-state index contributed by atoms with van der Waals surface area (Å²) < 4.78 is 45.1. The number of cyclic esters (lactones) is 1. The van der Waals surface area contributed by atoms with Gasteiger partial charge < -0.3 is 14.2 Å². The second-order valence-corrected chi connectivity index (χ2v) is 12.2. The number of allylic oxidation sites excluding steroid dienone is 2. The summed E-state index contributed by atoms with van der Waals surface area (Å²) in [6, 6.07) is 6.17. The molecule has 2 aromatic rings. The third-order valence-corrected chi connectivity index (χ3v) is 8.97. The van der Waals surface area contributed by atoms with E-state index in [1.54, 1.807) is 24.3 Å². The predicted octanol–water partition coefficient (Wildman–Crippen LogP) is 7.89. The van der Waals surface area contributed by atoms with Crippen LogP contribution in [0.4, 0.5) is 8.78 Å². The molecule has 4 atom stereocenters. The van der Waals surface area contributed by atoms with Crippen molar-refractivity contribution in [1.29, 1.82) is 0 Å². The van der Waals surface area contributed by atoms with Crippen LogP contribution in [-0.2, 0) is 14.3 Å². The minimum absolute atomic E-state index is 0.0220. The number of hydrogen-bond acceptors (Lipinski definition) is 5. The molecule has 0 radical (unpaired) electrons. The van der Waals surface area contributed by atoms with E-state index in [1.807, 2.05) is 0 Å². The van der Waals surface area contributed by atoms with E-state index in [0.717, 1.165) is 44.1 Å². The quantitative estimate of drug-likeness (QED) is 0.246. The molecule has 0 spiro atoms. The lowest BCUT2D eigenvalue weighted by molar-refractivity contribution is -0.146. The number of ether oxygens (including phenoxy) is 3. The minimum Gasteiger partial charge on any atom is -0.496 e. The van der Waals surface area contributed by atoms with Crippen molar-refractivity contribution in [2.24, 2.45) is 23.7 Å². The van der Waals surface area contributed by atoms with Gasteiger partial charge in [-0.15, -0.1) is 0 Å². The third kappa shape index (κ3) is 5.71. The van der Waals surface area contributed by atoms with Crippen molar-refractivity contribution in [3.05, 3.63) is 67.3 Å². The number of fused-ring (bicyclic) bond motifs is 4. The van der Waals surface area contributed by atoms with Crippen molar-refractivity contribution in [2.75, 3.05) is 14.2 Å². The number of esters is 1. The SMILES string of the molecule is COc1cc(Br)cc(F)c1C=C1C(=O)C2CCC1C2.COc1cc(Br)cc(F)c1C=C1OC(=O)C2CCC1C2. The number of carbonyl (C=O) groups is 2. The molecule has 1 saturated heterocycles. The van der Waals surface area contributed by atoms with Crippen molar-refractivity contribution in [2.45, 2.75) is 38.5 Å². The van der Waals surface area contributed by atoms with E-state index in [9.17, 15) is 18.4 Å². The smallest absolute Gasteiger partial charge is 0.314 e. The fourth-order valence-electron chi connectivity index (χ4n) is 6.05. The highest BCUT2D eigenvalue weighted by Crippen LogP contribution is 2.47. The molecule has 3 saturated carbocycles. The number of halogens is 4. The molecule has 0 N–H and O–H groups in total. The zero-order valence-corrected chi connectivity index (χ0v) is 24.7. The van der Waals surface area contributed by atoms with Gasteiger partial charge in [0.05, 0.1) is 31.3 Å². The molecule has 0 amide bonds. The Hall–Kier alpha value is -2.52. The van der Waals surface area contributed by atoms with Gasteiger partial charge in [-0.1, -0.05) is 31.9 Å². The molecule has 4 fully saturated rings. The Morgan fingerprint density at radius 3 is 1.85 bits per heavy atom. The number of ketones is 1. The van der Waals surface area contributed by atoms with Crippen LogP contribution in [0.1, 0.15) is 49.7 Å². The Morgan fingerprint density at radius 2 is 1.28 bits per heavy atom. The number of rotatable bonds is 4. The van der Waals surface area contributed by atoms with E-state index in [1.165, 1.54) is 26.4 Å². The van der Waals surface area contributed by atoms with Gasteiger partial charge in [-0.25, -0.2) is 8.78 Å². The van der Waals surface area contributed by atoms with E-state index in [2.05, 4.69) is 31.9 Å². The number of hydrogen-bond donors (Lipinski definition) is 0. The van der Waals surface area contributed by atoms with Crippen molar-refractivity contribution in [3.8, 4) is 11.5 Å². The lowest BCUT2D eigenvalue weighted by atomic mass is 9.92. The van der Waals surface area contributed by atoms with E-state index in [4.69, 9.17) is 14.2 Å². The van der Waals surface area contributed by atoms with Crippen LogP contribution in [0.2, 0.25) is 0 Å². The van der Waals surface area contributed by atoms with Crippen LogP contribution in [0.5, 0.6) is 11.5 Å². The molecule has 2 aromatic carbocycles. The molecule has 39 heavy (non-hydrogen) atoms. The van der Waals surface area contributed by atoms with Crippen LogP contribution in [0.3, 0.4) is 0 Å². The maximum Gasteiger partial charge on any atom is 0.314 e. The van der Waals surface area contributed by atoms with Gasteiger partial charge in [0.15, 0.2) is 5.78 Å². The highest BCUT2D eigenvalue weighted by Gasteiger charge is 2.43. The molecule has 3 aliphatic carbocycles. The van der Waals surface area contributed by atoms with E-state index in [0.29, 0.717) is 43.2 Å².